The van der Waals surface area contributed by atoms with E-state index in [-0.39, 0.29) is 4.90 Å². The van der Waals surface area contributed by atoms with E-state index in [9.17, 15) is 8.42 Å². The van der Waals surface area contributed by atoms with E-state index in [1.54, 1.807) is 12.1 Å². The van der Waals surface area contributed by atoms with E-state index in [2.05, 4.69) is 0 Å². The summed E-state index contributed by atoms with van der Waals surface area (Å²) < 4.78 is 27.8. The van der Waals surface area contributed by atoms with Crippen LogP contribution in [0.4, 0.5) is 0 Å². The summed E-state index contributed by atoms with van der Waals surface area (Å²) in [6.07, 6.45) is 0. The van der Waals surface area contributed by atoms with Gasteiger partial charge in [-0.1, -0.05) is 29.8 Å². The van der Waals surface area contributed by atoms with Crippen molar-refractivity contribution >= 4 is 10.0 Å². The fraction of sp³-hybridized carbons (Fsp3) is 0.143. The number of nitrogens with two attached hydrogens (primary N) is 1. The van der Waals surface area contributed by atoms with Crippen molar-refractivity contribution in [3.05, 3.63) is 59.7 Å². The van der Waals surface area contributed by atoms with Crippen LogP contribution in [0.3, 0.4) is 0 Å². The van der Waals surface area contributed by atoms with Crippen molar-refractivity contribution < 1.29 is 13.2 Å². The Hall–Kier alpha value is -1.85. The molecule has 0 aromatic heterocycles. The summed E-state index contributed by atoms with van der Waals surface area (Å²) in [5.41, 5.74) is 2.05. The fourth-order valence-electron chi connectivity index (χ4n) is 1.58. The number of hydrogen-bond acceptors (Lipinski definition) is 3. The van der Waals surface area contributed by atoms with E-state index in [0.717, 1.165) is 11.3 Å². The minimum absolute atomic E-state index is 0.103. The van der Waals surface area contributed by atoms with Gasteiger partial charge in [-0.25, -0.2) is 13.6 Å². The molecule has 2 N–H and O–H groups in total. The molecule has 0 amide bonds. The Bertz CT molecular complexity index is 646. The van der Waals surface area contributed by atoms with E-state index < -0.39 is 10.0 Å². The third-order valence-corrected chi connectivity index (χ3v) is 3.61. The van der Waals surface area contributed by atoms with Crippen LogP contribution in [0.15, 0.2) is 53.4 Å². The number of aryl methyl sites for hydroxylation is 1. The van der Waals surface area contributed by atoms with Gasteiger partial charge < -0.3 is 4.74 Å². The maximum absolute atomic E-state index is 11.1. The summed E-state index contributed by atoms with van der Waals surface area (Å²) in [5, 5.41) is 5.03. The summed E-state index contributed by atoms with van der Waals surface area (Å²) in [5.74, 6) is 0.779. The predicted octanol–water partition coefficient (Wildman–Crippen LogP) is 2.22. The van der Waals surface area contributed by atoms with Gasteiger partial charge >= 0.3 is 0 Å². The van der Waals surface area contributed by atoms with Crippen LogP contribution in [0.25, 0.3) is 0 Å². The molecular formula is C14H15NO3S. The largest absolute Gasteiger partial charge is 0.489 e. The Kier molecular flexibility index (Phi) is 3.87. The quantitative estimate of drug-likeness (QED) is 0.931. The highest BCUT2D eigenvalue weighted by atomic mass is 32.2. The van der Waals surface area contributed by atoms with Gasteiger partial charge in [-0.15, -0.1) is 0 Å². The highest BCUT2D eigenvalue weighted by Gasteiger charge is 2.06. The van der Waals surface area contributed by atoms with Crippen molar-refractivity contribution in [1.29, 1.82) is 0 Å². The lowest BCUT2D eigenvalue weighted by Crippen LogP contribution is -2.12. The number of ether oxygens (including phenoxy) is 1. The molecule has 0 fully saturated rings. The van der Waals surface area contributed by atoms with Crippen molar-refractivity contribution in [2.24, 2.45) is 5.14 Å². The first-order chi connectivity index (χ1) is 8.95. The molecule has 0 saturated heterocycles. The topological polar surface area (TPSA) is 69.4 Å². The smallest absolute Gasteiger partial charge is 0.238 e. The number of primary sulfonamides is 1. The second-order valence-corrected chi connectivity index (χ2v) is 5.85. The molecule has 0 aliphatic rings. The maximum Gasteiger partial charge on any atom is 0.238 e. The highest BCUT2D eigenvalue weighted by molar-refractivity contribution is 7.89. The van der Waals surface area contributed by atoms with Crippen LogP contribution < -0.4 is 9.88 Å². The van der Waals surface area contributed by atoms with Gasteiger partial charge in [-0.3, -0.25) is 0 Å². The zero-order chi connectivity index (χ0) is 13.9. The Morgan fingerprint density at radius 3 is 2.11 bits per heavy atom. The lowest BCUT2D eigenvalue weighted by atomic mass is 10.2. The molecule has 100 valence electrons. The van der Waals surface area contributed by atoms with Crippen LogP contribution in [0.1, 0.15) is 11.1 Å². The van der Waals surface area contributed by atoms with Gasteiger partial charge in [0.25, 0.3) is 0 Å². The molecule has 2 aromatic rings. The summed E-state index contributed by atoms with van der Waals surface area (Å²) in [7, 11) is -3.63. The minimum atomic E-state index is -3.63. The first-order valence-electron chi connectivity index (χ1n) is 5.76. The summed E-state index contributed by atoms with van der Waals surface area (Å²) >= 11 is 0. The molecule has 0 aliphatic carbocycles. The predicted molar refractivity (Wildman–Crippen MR) is 73.3 cm³/mol. The van der Waals surface area contributed by atoms with E-state index >= 15 is 0 Å². The zero-order valence-electron chi connectivity index (χ0n) is 10.5. The van der Waals surface area contributed by atoms with Crippen molar-refractivity contribution in [1.82, 2.24) is 0 Å². The van der Waals surface area contributed by atoms with Crippen molar-refractivity contribution in [3.63, 3.8) is 0 Å². The number of hydrogen-bond donors (Lipinski definition) is 1. The Morgan fingerprint density at radius 2 is 1.58 bits per heavy atom. The van der Waals surface area contributed by atoms with Gasteiger partial charge in [-0.2, -0.15) is 0 Å². The molecule has 2 rings (SSSR count). The number of sulfonamides is 1. The molecule has 0 unspecified atom stereocenters. The van der Waals surface area contributed by atoms with Crippen LogP contribution in [0, 0.1) is 6.92 Å². The lowest BCUT2D eigenvalue weighted by Gasteiger charge is -2.07. The lowest BCUT2D eigenvalue weighted by molar-refractivity contribution is 0.306. The van der Waals surface area contributed by atoms with Gasteiger partial charge in [0, 0.05) is 0 Å². The first-order valence-corrected chi connectivity index (χ1v) is 7.31. The SMILES string of the molecule is Cc1ccc(OCc2ccc(S(N)(=O)=O)cc2)cc1. The van der Waals surface area contributed by atoms with Crippen LogP contribution in [0.2, 0.25) is 0 Å². The standard InChI is InChI=1S/C14H15NO3S/c1-11-2-6-13(7-3-11)18-10-12-4-8-14(9-5-12)19(15,16)17/h2-9H,10H2,1H3,(H2,15,16,17). The molecule has 19 heavy (non-hydrogen) atoms. The van der Waals surface area contributed by atoms with E-state index in [0.29, 0.717) is 6.61 Å². The van der Waals surface area contributed by atoms with Crippen LogP contribution in [0.5, 0.6) is 5.75 Å². The monoisotopic (exact) mass is 277 g/mol. The van der Waals surface area contributed by atoms with Crippen molar-refractivity contribution in [2.45, 2.75) is 18.4 Å². The fourth-order valence-corrected chi connectivity index (χ4v) is 2.09. The van der Waals surface area contributed by atoms with E-state index in [1.807, 2.05) is 31.2 Å². The Morgan fingerprint density at radius 1 is 1.00 bits per heavy atom. The maximum atomic E-state index is 11.1. The van der Waals surface area contributed by atoms with Gasteiger partial charge in [0.05, 0.1) is 4.90 Å². The molecule has 2 aromatic carbocycles. The molecule has 0 atom stereocenters. The molecule has 0 radical (unpaired) electrons. The number of rotatable bonds is 4. The van der Waals surface area contributed by atoms with Crippen LogP contribution in [-0.4, -0.2) is 8.42 Å². The van der Waals surface area contributed by atoms with Gasteiger partial charge in [0.1, 0.15) is 12.4 Å². The molecular weight excluding hydrogens is 262 g/mol. The second-order valence-electron chi connectivity index (χ2n) is 4.29. The molecule has 0 bridgehead atoms. The molecule has 5 heteroatoms. The molecule has 4 nitrogen and oxygen atoms in total. The number of benzene rings is 2. The third-order valence-electron chi connectivity index (χ3n) is 2.68. The summed E-state index contributed by atoms with van der Waals surface area (Å²) in [6.45, 7) is 2.39. The zero-order valence-corrected chi connectivity index (χ0v) is 11.4. The van der Waals surface area contributed by atoms with Crippen LogP contribution in [-0.2, 0) is 16.6 Å². The van der Waals surface area contributed by atoms with E-state index in [4.69, 9.17) is 9.88 Å². The Balaban J connectivity index is 2.02. The van der Waals surface area contributed by atoms with Gasteiger partial charge in [0.2, 0.25) is 10.0 Å². The first kappa shape index (κ1) is 13.6. The van der Waals surface area contributed by atoms with Crippen molar-refractivity contribution in [3.8, 4) is 5.75 Å². The average molecular weight is 277 g/mol. The van der Waals surface area contributed by atoms with Crippen LogP contribution >= 0.6 is 0 Å². The highest BCUT2D eigenvalue weighted by Crippen LogP contribution is 2.15. The molecule has 0 aliphatic heterocycles. The molecule has 0 heterocycles. The summed E-state index contributed by atoms with van der Waals surface area (Å²) in [4.78, 5) is 0.103. The van der Waals surface area contributed by atoms with Gasteiger partial charge in [-0.05, 0) is 36.8 Å². The normalized spacial score (nSPS) is 11.3. The second kappa shape index (κ2) is 5.42. The third kappa shape index (κ3) is 3.81. The van der Waals surface area contributed by atoms with Crippen molar-refractivity contribution in [2.75, 3.05) is 0 Å². The Labute approximate surface area is 112 Å². The molecule has 0 saturated carbocycles. The average Bonchev–Trinajstić information content (AvgIpc) is 2.37. The van der Waals surface area contributed by atoms with E-state index in [1.165, 1.54) is 17.7 Å². The summed E-state index contributed by atoms with van der Waals surface area (Å²) in [6, 6.07) is 14.1. The van der Waals surface area contributed by atoms with Gasteiger partial charge in [0.15, 0.2) is 0 Å². The molecule has 0 spiro atoms. The minimum Gasteiger partial charge on any atom is -0.489 e.